The van der Waals surface area contributed by atoms with Crippen LogP contribution in [0.15, 0.2) is 54.2 Å². The minimum atomic E-state index is -0.483. The van der Waals surface area contributed by atoms with Crippen LogP contribution in [0, 0.1) is 0 Å². The van der Waals surface area contributed by atoms with Crippen LogP contribution in [0.4, 0.5) is 4.79 Å². The second kappa shape index (κ2) is 9.60. The van der Waals surface area contributed by atoms with Crippen molar-refractivity contribution in [1.29, 1.82) is 0 Å². The maximum atomic E-state index is 12.7. The third-order valence-corrected chi connectivity index (χ3v) is 4.30. The third kappa shape index (κ3) is 4.96. The van der Waals surface area contributed by atoms with Gasteiger partial charge in [-0.1, -0.05) is 36.4 Å². The number of hydrogen-bond acceptors (Lipinski definition) is 6. The van der Waals surface area contributed by atoms with Gasteiger partial charge in [-0.3, -0.25) is 9.69 Å². The average molecular weight is 410 g/mol. The molecule has 0 radical (unpaired) electrons. The minimum Gasteiger partial charge on any atom is -0.493 e. The second-order valence-corrected chi connectivity index (χ2v) is 6.37. The number of methoxy groups -OCH3 is 1. The Bertz CT molecular complexity index is 971. The number of nitrogens with one attached hydrogen (secondary N) is 1. The first-order valence-electron chi connectivity index (χ1n) is 9.36. The summed E-state index contributed by atoms with van der Waals surface area (Å²) in [5, 5.41) is 2.59. The van der Waals surface area contributed by atoms with Gasteiger partial charge in [0.15, 0.2) is 18.1 Å². The number of carbonyl (C=O) groups is 3. The number of amides is 3. The van der Waals surface area contributed by atoms with Gasteiger partial charge < -0.3 is 19.5 Å². The summed E-state index contributed by atoms with van der Waals surface area (Å²) in [4.78, 5) is 37.5. The van der Waals surface area contributed by atoms with Gasteiger partial charge in [-0.25, -0.2) is 9.59 Å². The van der Waals surface area contributed by atoms with Crippen molar-refractivity contribution in [2.24, 2.45) is 0 Å². The highest BCUT2D eigenvalue weighted by Crippen LogP contribution is 2.29. The fourth-order valence-corrected chi connectivity index (χ4v) is 2.88. The number of nitrogens with zero attached hydrogens (tertiary/aromatic N) is 1. The van der Waals surface area contributed by atoms with Crippen molar-refractivity contribution in [3.8, 4) is 11.5 Å². The lowest BCUT2D eigenvalue weighted by atomic mass is 10.1. The standard InChI is InChI=1S/C22H22N2O6/c1-3-29-20(25)14-30-18-10-9-16(12-19(18)28-2)11-17-21(26)24(22(27)23-17)13-15-7-5-4-6-8-15/h4-12H,3,13-14H2,1-2H3,(H,23,27). The molecule has 0 spiro atoms. The fourth-order valence-electron chi connectivity index (χ4n) is 2.88. The lowest BCUT2D eigenvalue weighted by molar-refractivity contribution is -0.145. The Balaban J connectivity index is 1.73. The van der Waals surface area contributed by atoms with E-state index in [4.69, 9.17) is 14.2 Å². The molecule has 1 fully saturated rings. The Morgan fingerprint density at radius 2 is 1.87 bits per heavy atom. The van der Waals surface area contributed by atoms with Crippen molar-refractivity contribution in [3.63, 3.8) is 0 Å². The van der Waals surface area contributed by atoms with Crippen LogP contribution in [0.1, 0.15) is 18.1 Å². The summed E-state index contributed by atoms with van der Waals surface area (Å²) in [5.41, 5.74) is 1.64. The van der Waals surface area contributed by atoms with Gasteiger partial charge >= 0.3 is 12.0 Å². The van der Waals surface area contributed by atoms with Crippen LogP contribution in [0.5, 0.6) is 11.5 Å². The van der Waals surface area contributed by atoms with Gasteiger partial charge in [-0.15, -0.1) is 0 Å². The number of esters is 1. The minimum absolute atomic E-state index is 0.165. The normalized spacial score (nSPS) is 14.6. The van der Waals surface area contributed by atoms with Gasteiger partial charge in [-0.2, -0.15) is 0 Å². The molecule has 2 aromatic carbocycles. The van der Waals surface area contributed by atoms with Gasteiger partial charge in [0.05, 0.1) is 20.3 Å². The largest absolute Gasteiger partial charge is 0.493 e. The second-order valence-electron chi connectivity index (χ2n) is 6.37. The summed E-state index contributed by atoms with van der Waals surface area (Å²) >= 11 is 0. The Kier molecular flexibility index (Phi) is 6.69. The fraction of sp³-hybridized carbons (Fsp3) is 0.227. The summed E-state index contributed by atoms with van der Waals surface area (Å²) < 4.78 is 15.6. The maximum Gasteiger partial charge on any atom is 0.344 e. The third-order valence-electron chi connectivity index (χ3n) is 4.30. The molecular weight excluding hydrogens is 388 g/mol. The predicted molar refractivity (Wildman–Crippen MR) is 109 cm³/mol. The Hall–Kier alpha value is -3.81. The molecule has 2 aromatic rings. The Morgan fingerprint density at radius 3 is 2.57 bits per heavy atom. The molecule has 3 amide bonds. The van der Waals surface area contributed by atoms with E-state index >= 15 is 0 Å². The van der Waals surface area contributed by atoms with E-state index in [0.29, 0.717) is 17.1 Å². The molecule has 0 unspecified atom stereocenters. The van der Waals surface area contributed by atoms with Gasteiger partial charge in [0.25, 0.3) is 5.91 Å². The molecule has 30 heavy (non-hydrogen) atoms. The van der Waals surface area contributed by atoms with Gasteiger partial charge in [0.1, 0.15) is 5.70 Å². The number of benzene rings is 2. The first-order valence-corrected chi connectivity index (χ1v) is 9.36. The topological polar surface area (TPSA) is 94.2 Å². The molecule has 0 bridgehead atoms. The molecule has 0 atom stereocenters. The van der Waals surface area contributed by atoms with Crippen molar-refractivity contribution in [3.05, 3.63) is 65.4 Å². The van der Waals surface area contributed by atoms with Crippen molar-refractivity contribution >= 4 is 24.0 Å². The lowest BCUT2D eigenvalue weighted by Crippen LogP contribution is -2.30. The number of rotatable bonds is 8. The molecule has 1 saturated heterocycles. The van der Waals surface area contributed by atoms with Crippen LogP contribution in [0.3, 0.4) is 0 Å². The molecule has 8 heteroatoms. The predicted octanol–water partition coefficient (Wildman–Crippen LogP) is 2.73. The quantitative estimate of drug-likeness (QED) is 0.409. The number of carbonyl (C=O) groups excluding carboxylic acids is 3. The molecule has 8 nitrogen and oxygen atoms in total. The molecule has 0 aromatic heterocycles. The maximum absolute atomic E-state index is 12.7. The van der Waals surface area contributed by atoms with Crippen molar-refractivity contribution in [2.75, 3.05) is 20.3 Å². The van der Waals surface area contributed by atoms with Crippen LogP contribution < -0.4 is 14.8 Å². The molecule has 156 valence electrons. The van der Waals surface area contributed by atoms with Crippen molar-refractivity contribution in [2.45, 2.75) is 13.5 Å². The molecule has 1 aliphatic rings. The summed E-state index contributed by atoms with van der Waals surface area (Å²) in [6, 6.07) is 13.7. The number of imide groups is 1. The van der Waals surface area contributed by atoms with E-state index < -0.39 is 17.9 Å². The Labute approximate surface area is 174 Å². The average Bonchev–Trinajstić information content (AvgIpc) is 3.01. The summed E-state index contributed by atoms with van der Waals surface area (Å²) in [7, 11) is 1.47. The van der Waals surface area contributed by atoms with Crippen LogP contribution >= 0.6 is 0 Å². The smallest absolute Gasteiger partial charge is 0.344 e. The zero-order valence-corrected chi connectivity index (χ0v) is 16.7. The van der Waals surface area contributed by atoms with Crippen LogP contribution in [-0.2, 0) is 20.9 Å². The molecule has 3 rings (SSSR count). The van der Waals surface area contributed by atoms with Crippen LogP contribution in [0.2, 0.25) is 0 Å². The summed E-state index contributed by atoms with van der Waals surface area (Å²) in [5.74, 6) is -0.152. The monoisotopic (exact) mass is 410 g/mol. The first-order chi connectivity index (χ1) is 14.5. The van der Waals surface area contributed by atoms with Crippen LogP contribution in [0.25, 0.3) is 6.08 Å². The molecule has 1 aliphatic heterocycles. The van der Waals surface area contributed by atoms with Crippen molar-refractivity contribution in [1.82, 2.24) is 10.2 Å². The number of ether oxygens (including phenoxy) is 3. The van der Waals surface area contributed by atoms with E-state index in [1.807, 2.05) is 30.3 Å². The molecule has 0 saturated carbocycles. The van der Waals surface area contributed by atoms with Crippen LogP contribution in [-0.4, -0.2) is 43.1 Å². The van der Waals surface area contributed by atoms with E-state index in [2.05, 4.69) is 5.32 Å². The summed E-state index contributed by atoms with van der Waals surface area (Å²) in [6.45, 7) is 1.93. The zero-order valence-electron chi connectivity index (χ0n) is 16.7. The van der Waals surface area contributed by atoms with E-state index in [-0.39, 0.29) is 25.5 Å². The van der Waals surface area contributed by atoms with E-state index in [9.17, 15) is 14.4 Å². The zero-order chi connectivity index (χ0) is 21.5. The van der Waals surface area contributed by atoms with E-state index in [1.54, 1.807) is 31.2 Å². The molecule has 1 N–H and O–H groups in total. The lowest BCUT2D eigenvalue weighted by Gasteiger charge is -2.11. The number of hydrogen-bond donors (Lipinski definition) is 1. The SMILES string of the molecule is CCOC(=O)COc1ccc(C=C2NC(=O)N(Cc3ccccc3)C2=O)cc1OC. The highest BCUT2D eigenvalue weighted by molar-refractivity contribution is 6.13. The number of urea groups is 1. The Morgan fingerprint density at radius 1 is 1.10 bits per heavy atom. The van der Waals surface area contributed by atoms with E-state index in [1.165, 1.54) is 7.11 Å². The van der Waals surface area contributed by atoms with Gasteiger partial charge in [0, 0.05) is 0 Å². The summed E-state index contributed by atoms with van der Waals surface area (Å²) in [6.07, 6.45) is 1.56. The molecular formula is C22H22N2O6. The highest BCUT2D eigenvalue weighted by Gasteiger charge is 2.33. The van der Waals surface area contributed by atoms with Gasteiger partial charge in [0.2, 0.25) is 0 Å². The molecule has 1 heterocycles. The highest BCUT2D eigenvalue weighted by atomic mass is 16.6. The van der Waals surface area contributed by atoms with Crippen molar-refractivity contribution < 1.29 is 28.6 Å². The van der Waals surface area contributed by atoms with Gasteiger partial charge in [-0.05, 0) is 36.3 Å². The van der Waals surface area contributed by atoms with E-state index in [0.717, 1.165) is 10.5 Å². The first kappa shape index (κ1) is 20.9. The molecule has 0 aliphatic carbocycles.